The fraction of sp³-hybridized carbons (Fsp3) is 0.263. The Labute approximate surface area is 148 Å². The Morgan fingerprint density at radius 2 is 2.04 bits per heavy atom. The summed E-state index contributed by atoms with van der Waals surface area (Å²) < 4.78 is 19.9. The first kappa shape index (κ1) is 16.2. The Kier molecular flexibility index (Phi) is 4.46. The summed E-state index contributed by atoms with van der Waals surface area (Å²) >= 11 is 1.48. The van der Waals surface area contributed by atoms with Gasteiger partial charge in [0, 0.05) is 12.2 Å². The minimum Gasteiger partial charge on any atom is -0.376 e. The van der Waals surface area contributed by atoms with Gasteiger partial charge in [-0.05, 0) is 49.2 Å². The van der Waals surface area contributed by atoms with E-state index in [0.717, 1.165) is 29.7 Å². The van der Waals surface area contributed by atoms with Crippen LogP contribution in [-0.4, -0.2) is 30.1 Å². The number of ether oxygens (including phenoxy) is 1. The lowest BCUT2D eigenvalue weighted by molar-refractivity contribution is 0.0917. The normalized spacial score (nSPS) is 17.1. The zero-order valence-corrected chi connectivity index (χ0v) is 14.3. The van der Waals surface area contributed by atoms with Gasteiger partial charge in [0.05, 0.1) is 22.9 Å². The molecule has 6 heteroatoms. The van der Waals surface area contributed by atoms with Gasteiger partial charge in [-0.3, -0.25) is 9.69 Å². The Bertz CT molecular complexity index is 855. The molecule has 4 rings (SSSR count). The molecule has 2 aromatic carbocycles. The number of halogens is 1. The lowest BCUT2D eigenvalue weighted by Crippen LogP contribution is -2.37. The quantitative estimate of drug-likeness (QED) is 0.701. The van der Waals surface area contributed by atoms with Gasteiger partial charge in [-0.2, -0.15) is 0 Å². The molecule has 4 nitrogen and oxygen atoms in total. The molecule has 0 saturated carbocycles. The number of fused-ring (bicyclic) bond motifs is 1. The van der Waals surface area contributed by atoms with Crippen molar-refractivity contribution in [1.82, 2.24) is 4.98 Å². The summed E-state index contributed by atoms with van der Waals surface area (Å²) in [6.45, 7) is 1.18. The fourth-order valence-corrected chi connectivity index (χ4v) is 3.94. The first-order valence-electron chi connectivity index (χ1n) is 8.25. The third kappa shape index (κ3) is 3.41. The van der Waals surface area contributed by atoms with Gasteiger partial charge in [-0.25, -0.2) is 9.37 Å². The third-order valence-electron chi connectivity index (χ3n) is 4.26. The van der Waals surface area contributed by atoms with E-state index >= 15 is 0 Å². The van der Waals surface area contributed by atoms with Crippen molar-refractivity contribution in [3.8, 4) is 0 Å². The Morgan fingerprint density at radius 3 is 2.76 bits per heavy atom. The Hall–Kier alpha value is -2.31. The summed E-state index contributed by atoms with van der Waals surface area (Å²) in [5, 5.41) is 0.644. The molecule has 1 atom stereocenters. The number of nitrogens with zero attached hydrogens (tertiary/aromatic N) is 2. The maximum absolute atomic E-state index is 13.2. The highest BCUT2D eigenvalue weighted by Crippen LogP contribution is 2.30. The van der Waals surface area contributed by atoms with Crippen LogP contribution in [0.2, 0.25) is 0 Å². The van der Waals surface area contributed by atoms with Crippen LogP contribution < -0.4 is 4.90 Å². The van der Waals surface area contributed by atoms with Gasteiger partial charge in [0.1, 0.15) is 5.82 Å². The molecule has 2 heterocycles. The van der Waals surface area contributed by atoms with Crippen LogP contribution >= 0.6 is 11.3 Å². The molecule has 1 unspecified atom stereocenters. The number of hydrogen-bond donors (Lipinski definition) is 0. The molecule has 0 aliphatic carbocycles. The van der Waals surface area contributed by atoms with Gasteiger partial charge < -0.3 is 4.74 Å². The van der Waals surface area contributed by atoms with E-state index in [1.807, 2.05) is 24.3 Å². The van der Waals surface area contributed by atoms with E-state index in [4.69, 9.17) is 4.74 Å². The molecule has 0 radical (unpaired) electrons. The van der Waals surface area contributed by atoms with E-state index in [1.165, 1.54) is 35.6 Å². The van der Waals surface area contributed by atoms with Gasteiger partial charge in [0.15, 0.2) is 5.13 Å². The number of hydrogen-bond acceptors (Lipinski definition) is 4. The van der Waals surface area contributed by atoms with Crippen LogP contribution in [-0.2, 0) is 4.74 Å². The zero-order chi connectivity index (χ0) is 17.2. The summed E-state index contributed by atoms with van der Waals surface area (Å²) in [4.78, 5) is 19.3. The minimum atomic E-state index is -0.359. The fourth-order valence-electron chi connectivity index (χ4n) is 2.96. The maximum Gasteiger partial charge on any atom is 0.260 e. The Morgan fingerprint density at radius 1 is 1.24 bits per heavy atom. The van der Waals surface area contributed by atoms with Gasteiger partial charge in [-0.15, -0.1) is 0 Å². The number of carbonyl (C=O) groups is 1. The first-order chi connectivity index (χ1) is 12.2. The number of carbonyl (C=O) groups excluding carboxylic acids is 1. The highest BCUT2D eigenvalue weighted by atomic mass is 32.1. The van der Waals surface area contributed by atoms with Gasteiger partial charge in [-0.1, -0.05) is 23.5 Å². The van der Waals surface area contributed by atoms with E-state index in [1.54, 1.807) is 4.90 Å². The maximum atomic E-state index is 13.2. The lowest BCUT2D eigenvalue weighted by atomic mass is 10.1. The average Bonchev–Trinajstić information content (AvgIpc) is 3.29. The molecular weight excluding hydrogens is 339 g/mol. The molecule has 1 aromatic heterocycles. The standard InChI is InChI=1S/C19H17FN2O2S/c20-14-9-7-13(8-10-14)18(23)22(12-15-4-3-11-24-15)19-21-16-5-1-2-6-17(16)25-19/h1-2,5-10,15H,3-4,11-12H2. The number of anilines is 1. The number of thiazole rings is 1. The average molecular weight is 356 g/mol. The zero-order valence-electron chi connectivity index (χ0n) is 13.5. The van der Waals surface area contributed by atoms with Crippen molar-refractivity contribution in [2.45, 2.75) is 18.9 Å². The third-order valence-corrected chi connectivity index (χ3v) is 5.32. The number of aromatic nitrogens is 1. The molecular formula is C19H17FN2O2S. The second-order valence-electron chi connectivity index (χ2n) is 6.02. The summed E-state index contributed by atoms with van der Waals surface area (Å²) in [6.07, 6.45) is 1.94. The number of benzene rings is 2. The Balaban J connectivity index is 1.69. The summed E-state index contributed by atoms with van der Waals surface area (Å²) in [5.74, 6) is -0.545. The van der Waals surface area contributed by atoms with Crippen molar-refractivity contribution in [1.29, 1.82) is 0 Å². The SMILES string of the molecule is O=C(c1ccc(F)cc1)N(CC1CCCO1)c1nc2ccccc2s1. The topological polar surface area (TPSA) is 42.4 Å². The van der Waals surface area contributed by atoms with Crippen molar-refractivity contribution in [2.75, 3.05) is 18.1 Å². The van der Waals surface area contributed by atoms with Crippen LogP contribution in [0, 0.1) is 5.82 Å². The summed E-state index contributed by atoms with van der Waals surface area (Å²) in [5.41, 5.74) is 1.31. The lowest BCUT2D eigenvalue weighted by Gasteiger charge is -2.23. The first-order valence-corrected chi connectivity index (χ1v) is 9.07. The van der Waals surface area contributed by atoms with Crippen LogP contribution in [0.3, 0.4) is 0 Å². The summed E-state index contributed by atoms with van der Waals surface area (Å²) in [7, 11) is 0. The molecule has 0 spiro atoms. The molecule has 0 bridgehead atoms. The van der Waals surface area contributed by atoms with Crippen LogP contribution in [0.1, 0.15) is 23.2 Å². The second-order valence-corrected chi connectivity index (χ2v) is 7.03. The van der Waals surface area contributed by atoms with Crippen molar-refractivity contribution in [2.24, 2.45) is 0 Å². The van der Waals surface area contributed by atoms with Crippen molar-refractivity contribution >= 4 is 32.6 Å². The molecule has 1 aliphatic rings. The predicted molar refractivity (Wildman–Crippen MR) is 96.7 cm³/mol. The summed E-state index contributed by atoms with van der Waals surface area (Å²) in [6, 6.07) is 13.4. The number of para-hydroxylation sites is 1. The number of amides is 1. The van der Waals surface area contributed by atoms with Gasteiger partial charge in [0.25, 0.3) is 5.91 Å². The molecule has 0 N–H and O–H groups in total. The van der Waals surface area contributed by atoms with E-state index in [-0.39, 0.29) is 17.8 Å². The van der Waals surface area contributed by atoms with Crippen molar-refractivity contribution < 1.29 is 13.9 Å². The smallest absolute Gasteiger partial charge is 0.260 e. The molecule has 1 fully saturated rings. The molecule has 3 aromatic rings. The molecule has 1 saturated heterocycles. The van der Waals surface area contributed by atoms with Crippen LogP contribution in [0.5, 0.6) is 0 Å². The van der Waals surface area contributed by atoms with Gasteiger partial charge in [0.2, 0.25) is 0 Å². The molecule has 128 valence electrons. The van der Waals surface area contributed by atoms with Crippen molar-refractivity contribution in [3.63, 3.8) is 0 Å². The highest BCUT2D eigenvalue weighted by Gasteiger charge is 2.27. The van der Waals surface area contributed by atoms with Crippen molar-refractivity contribution in [3.05, 3.63) is 59.9 Å². The highest BCUT2D eigenvalue weighted by molar-refractivity contribution is 7.22. The van der Waals surface area contributed by atoms with E-state index in [0.29, 0.717) is 17.2 Å². The van der Waals surface area contributed by atoms with Gasteiger partial charge >= 0.3 is 0 Å². The predicted octanol–water partition coefficient (Wildman–Crippen LogP) is 4.26. The monoisotopic (exact) mass is 356 g/mol. The minimum absolute atomic E-state index is 0.0106. The number of rotatable bonds is 4. The van der Waals surface area contributed by atoms with Crippen LogP contribution in [0.4, 0.5) is 9.52 Å². The van der Waals surface area contributed by atoms with Crippen LogP contribution in [0.25, 0.3) is 10.2 Å². The molecule has 1 aliphatic heterocycles. The molecule has 1 amide bonds. The molecule has 25 heavy (non-hydrogen) atoms. The van der Waals surface area contributed by atoms with Crippen LogP contribution in [0.15, 0.2) is 48.5 Å². The largest absolute Gasteiger partial charge is 0.376 e. The van der Waals surface area contributed by atoms with E-state index < -0.39 is 0 Å². The van der Waals surface area contributed by atoms with E-state index in [2.05, 4.69) is 4.98 Å². The second kappa shape index (κ2) is 6.90. The van der Waals surface area contributed by atoms with E-state index in [9.17, 15) is 9.18 Å².